The summed E-state index contributed by atoms with van der Waals surface area (Å²) >= 11 is 21.8. The first kappa shape index (κ1) is 13.9. The van der Waals surface area contributed by atoms with Crippen molar-refractivity contribution in [3.05, 3.63) is 44.4 Å². The second-order valence-electron chi connectivity index (χ2n) is 3.13. The van der Waals surface area contributed by atoms with Gasteiger partial charge in [0.25, 0.3) is 0 Å². The van der Waals surface area contributed by atoms with Gasteiger partial charge in [-0.1, -0.05) is 58.6 Å². The van der Waals surface area contributed by atoms with E-state index in [-0.39, 0.29) is 14.8 Å². The van der Waals surface area contributed by atoms with E-state index in [2.05, 4.69) is 0 Å². The quantitative estimate of drug-likeness (QED) is 0.667. The molecule has 1 saturated carbocycles. The van der Waals surface area contributed by atoms with Gasteiger partial charge in [0.1, 0.15) is 8.98 Å². The lowest BCUT2D eigenvalue weighted by molar-refractivity contribution is -0.111. The molecule has 5 heteroatoms. The molecular formula is C11H8Cl4O. The summed E-state index contributed by atoms with van der Waals surface area (Å²) in [5.41, 5.74) is 1.37. The Labute approximate surface area is 114 Å². The minimum atomic E-state index is -0.0170. The highest BCUT2D eigenvalue weighted by Crippen LogP contribution is 2.27. The van der Waals surface area contributed by atoms with Crippen molar-refractivity contribution in [1.29, 1.82) is 0 Å². The summed E-state index contributed by atoms with van der Waals surface area (Å²) in [7, 11) is 0. The lowest BCUT2D eigenvalue weighted by Crippen LogP contribution is -1.94. The Morgan fingerprint density at radius 1 is 0.875 bits per heavy atom. The summed E-state index contributed by atoms with van der Waals surface area (Å²) < 4.78 is 0.253. The van der Waals surface area contributed by atoms with E-state index >= 15 is 0 Å². The molecule has 0 aromatic rings. The van der Waals surface area contributed by atoms with E-state index < -0.39 is 0 Å². The van der Waals surface area contributed by atoms with Crippen molar-refractivity contribution < 1.29 is 4.79 Å². The van der Waals surface area contributed by atoms with E-state index in [1.165, 1.54) is 12.2 Å². The average molecular weight is 298 g/mol. The summed E-state index contributed by atoms with van der Waals surface area (Å²) in [6, 6.07) is 0. The van der Waals surface area contributed by atoms with Gasteiger partial charge < -0.3 is 0 Å². The number of hydrogen-bond donors (Lipinski definition) is 0. The van der Waals surface area contributed by atoms with E-state index in [1.54, 1.807) is 12.2 Å². The van der Waals surface area contributed by atoms with E-state index in [0.29, 0.717) is 24.0 Å². The van der Waals surface area contributed by atoms with Crippen LogP contribution in [0.15, 0.2) is 44.4 Å². The zero-order valence-electron chi connectivity index (χ0n) is 8.14. The van der Waals surface area contributed by atoms with Gasteiger partial charge in [0.05, 0.1) is 0 Å². The van der Waals surface area contributed by atoms with Crippen molar-refractivity contribution in [3.63, 3.8) is 0 Å². The van der Waals surface area contributed by atoms with Gasteiger partial charge in [-0.15, -0.1) is 0 Å². The van der Waals surface area contributed by atoms with Crippen LogP contribution in [0.5, 0.6) is 0 Å². The predicted octanol–water partition coefficient (Wildman–Crippen LogP) is 4.84. The third-order valence-electron chi connectivity index (χ3n) is 2.07. The lowest BCUT2D eigenvalue weighted by Gasteiger charge is -1.91. The van der Waals surface area contributed by atoms with E-state index in [4.69, 9.17) is 46.4 Å². The topological polar surface area (TPSA) is 17.1 Å². The number of halogens is 4. The molecule has 1 fully saturated rings. The molecule has 1 rings (SSSR count). The maximum atomic E-state index is 11.8. The van der Waals surface area contributed by atoms with Crippen molar-refractivity contribution in [2.24, 2.45) is 0 Å². The van der Waals surface area contributed by atoms with Crippen LogP contribution in [0.1, 0.15) is 12.8 Å². The first-order chi connectivity index (χ1) is 7.50. The first-order valence-corrected chi connectivity index (χ1v) is 6.00. The Balaban J connectivity index is 2.83. The van der Waals surface area contributed by atoms with Crippen molar-refractivity contribution in [1.82, 2.24) is 0 Å². The number of carbonyl (C=O) groups excluding carboxylic acids is 1. The summed E-state index contributed by atoms with van der Waals surface area (Å²) in [5, 5.41) is 0. The monoisotopic (exact) mass is 296 g/mol. The van der Waals surface area contributed by atoms with Gasteiger partial charge in [-0.05, 0) is 25.0 Å². The fourth-order valence-corrected chi connectivity index (χ4v) is 1.60. The van der Waals surface area contributed by atoms with Gasteiger partial charge in [0.15, 0.2) is 5.78 Å². The molecule has 1 aliphatic carbocycles. The summed E-state index contributed by atoms with van der Waals surface area (Å²) in [5.74, 6) is -0.0170. The van der Waals surface area contributed by atoms with Gasteiger partial charge in [0, 0.05) is 11.1 Å². The predicted molar refractivity (Wildman–Crippen MR) is 70.0 cm³/mol. The molecular weight excluding hydrogens is 290 g/mol. The van der Waals surface area contributed by atoms with Gasteiger partial charge in [0.2, 0.25) is 0 Å². The molecule has 0 N–H and O–H groups in total. The molecule has 1 aliphatic rings. The SMILES string of the molecule is O=C1/C(=C\C=C(Cl)Cl)CC/C1=C/C=C(Cl)Cl. The number of carbonyl (C=O) groups is 1. The van der Waals surface area contributed by atoms with Crippen molar-refractivity contribution >= 4 is 52.2 Å². The third kappa shape index (κ3) is 4.34. The van der Waals surface area contributed by atoms with Crippen LogP contribution in [0.3, 0.4) is 0 Å². The maximum Gasteiger partial charge on any atom is 0.185 e. The highest BCUT2D eigenvalue weighted by molar-refractivity contribution is 6.56. The molecule has 0 atom stereocenters. The van der Waals surface area contributed by atoms with Crippen LogP contribution in [-0.2, 0) is 4.79 Å². The average Bonchev–Trinajstić information content (AvgIpc) is 2.53. The number of Topliss-reactive ketones (excluding diaryl/α,β-unsaturated/α-hetero) is 1. The fraction of sp³-hybridized carbons (Fsp3) is 0.182. The highest BCUT2D eigenvalue weighted by atomic mass is 35.5. The molecule has 1 nitrogen and oxygen atoms in total. The lowest BCUT2D eigenvalue weighted by atomic mass is 10.1. The highest BCUT2D eigenvalue weighted by Gasteiger charge is 2.21. The Morgan fingerprint density at radius 3 is 1.56 bits per heavy atom. The van der Waals surface area contributed by atoms with Crippen LogP contribution in [0.25, 0.3) is 0 Å². The van der Waals surface area contributed by atoms with Crippen molar-refractivity contribution in [2.75, 3.05) is 0 Å². The standard InChI is InChI=1S/C11H8Cl4O/c12-9(13)5-3-7-1-2-8(11(7)16)4-6-10(14)15/h3-6H,1-2H2/b7-3-,8-4-. The summed E-state index contributed by atoms with van der Waals surface area (Å²) in [4.78, 5) is 11.8. The zero-order chi connectivity index (χ0) is 12.1. The van der Waals surface area contributed by atoms with Crippen LogP contribution >= 0.6 is 46.4 Å². The molecule has 16 heavy (non-hydrogen) atoms. The van der Waals surface area contributed by atoms with E-state index in [9.17, 15) is 4.79 Å². The van der Waals surface area contributed by atoms with Gasteiger partial charge in [-0.25, -0.2) is 0 Å². The Kier molecular flexibility index (Phi) is 5.63. The summed E-state index contributed by atoms with van der Waals surface area (Å²) in [6.45, 7) is 0. The molecule has 0 saturated heterocycles. The van der Waals surface area contributed by atoms with Crippen molar-refractivity contribution in [3.8, 4) is 0 Å². The molecule has 0 aliphatic heterocycles. The molecule has 0 amide bonds. The largest absolute Gasteiger partial charge is 0.289 e. The minimum Gasteiger partial charge on any atom is -0.289 e. The molecule has 86 valence electrons. The van der Waals surface area contributed by atoms with Crippen LogP contribution in [0, 0.1) is 0 Å². The van der Waals surface area contributed by atoms with Gasteiger partial charge >= 0.3 is 0 Å². The molecule has 0 aromatic heterocycles. The maximum absolute atomic E-state index is 11.8. The fourth-order valence-electron chi connectivity index (χ4n) is 1.35. The van der Waals surface area contributed by atoms with Crippen LogP contribution in [0.2, 0.25) is 0 Å². The minimum absolute atomic E-state index is 0.0170. The number of ketones is 1. The molecule has 0 radical (unpaired) electrons. The van der Waals surface area contributed by atoms with E-state index in [1.807, 2.05) is 0 Å². The smallest absolute Gasteiger partial charge is 0.185 e. The van der Waals surface area contributed by atoms with E-state index in [0.717, 1.165) is 0 Å². The second kappa shape index (κ2) is 6.51. The van der Waals surface area contributed by atoms with Crippen LogP contribution in [-0.4, -0.2) is 5.78 Å². The Bertz CT molecular complexity index is 370. The molecule has 0 bridgehead atoms. The number of rotatable bonds is 2. The molecule has 0 spiro atoms. The normalized spacial score (nSPS) is 20.4. The number of hydrogen-bond acceptors (Lipinski definition) is 1. The molecule has 0 aromatic carbocycles. The van der Waals surface area contributed by atoms with Crippen LogP contribution in [0.4, 0.5) is 0 Å². The van der Waals surface area contributed by atoms with Gasteiger partial charge in [-0.3, -0.25) is 4.79 Å². The first-order valence-electron chi connectivity index (χ1n) is 4.49. The number of allylic oxidation sites excluding steroid dienone is 6. The Morgan fingerprint density at radius 2 is 1.25 bits per heavy atom. The summed E-state index contributed by atoms with van der Waals surface area (Å²) in [6.07, 6.45) is 7.59. The zero-order valence-corrected chi connectivity index (χ0v) is 11.2. The van der Waals surface area contributed by atoms with Crippen LogP contribution < -0.4 is 0 Å². The van der Waals surface area contributed by atoms with Crippen molar-refractivity contribution in [2.45, 2.75) is 12.8 Å². The molecule has 0 unspecified atom stereocenters. The molecule has 0 heterocycles. The third-order valence-corrected chi connectivity index (χ3v) is 2.57. The van der Waals surface area contributed by atoms with Gasteiger partial charge in [-0.2, -0.15) is 0 Å². The Hall–Kier alpha value is -0.210. The second-order valence-corrected chi connectivity index (χ2v) is 5.14.